The summed E-state index contributed by atoms with van der Waals surface area (Å²) < 4.78 is 2.18. The minimum Gasteiger partial charge on any atom is -0.267 e. The summed E-state index contributed by atoms with van der Waals surface area (Å²) in [6.07, 6.45) is 1.84. The zero-order valence-corrected chi connectivity index (χ0v) is 13.4. The molecule has 0 atom stereocenters. The van der Waals surface area contributed by atoms with Gasteiger partial charge in [0.15, 0.2) is 5.82 Å². The second kappa shape index (κ2) is 5.61. The first-order chi connectivity index (χ1) is 11.2. The first kappa shape index (κ1) is 14.1. The Bertz CT molecular complexity index is 1080. The predicted octanol–water partition coefficient (Wildman–Crippen LogP) is 3.02. The van der Waals surface area contributed by atoms with Gasteiger partial charge in [-0.25, -0.2) is 4.40 Å². The number of aromatic nitrogens is 3. The third kappa shape index (κ3) is 2.54. The van der Waals surface area contributed by atoms with Crippen LogP contribution in [-0.4, -0.2) is 14.6 Å². The molecule has 0 aliphatic heterocycles. The molecule has 112 valence electrons. The van der Waals surface area contributed by atoms with E-state index in [1.165, 1.54) is 11.3 Å². The van der Waals surface area contributed by atoms with Gasteiger partial charge >= 0.3 is 0 Å². The molecule has 2 aromatic carbocycles. The van der Waals surface area contributed by atoms with Crippen molar-refractivity contribution in [2.75, 3.05) is 0 Å². The van der Waals surface area contributed by atoms with E-state index >= 15 is 0 Å². The Morgan fingerprint density at radius 3 is 2.48 bits per heavy atom. The quantitative estimate of drug-likeness (QED) is 0.564. The van der Waals surface area contributed by atoms with E-state index < -0.39 is 0 Å². The molecular weight excluding hydrogens is 330 g/mol. The summed E-state index contributed by atoms with van der Waals surface area (Å²) in [5, 5.41) is 8.93. The zero-order chi connectivity index (χ0) is 15.8. The third-order valence-corrected chi connectivity index (χ3v) is 4.66. The molecule has 4 nitrogen and oxygen atoms in total. The number of hydrogen-bond acceptors (Lipinski definition) is 4. The van der Waals surface area contributed by atoms with Gasteiger partial charge in [0.1, 0.15) is 0 Å². The lowest BCUT2D eigenvalue weighted by molar-refractivity contribution is 1.09. The number of hydrogen-bond donors (Lipinski definition) is 0. The van der Waals surface area contributed by atoms with Gasteiger partial charge in [-0.1, -0.05) is 65.4 Å². The molecule has 0 aliphatic carbocycles. The summed E-state index contributed by atoms with van der Waals surface area (Å²) in [5.74, 6) is 0.567. The average Bonchev–Trinajstić information content (AvgIpc) is 3.12. The molecule has 0 amide bonds. The van der Waals surface area contributed by atoms with E-state index in [4.69, 9.17) is 11.6 Å². The maximum absolute atomic E-state index is 12.7. The Hall–Kier alpha value is -2.50. The van der Waals surface area contributed by atoms with Gasteiger partial charge in [-0.2, -0.15) is 0 Å². The van der Waals surface area contributed by atoms with E-state index in [9.17, 15) is 4.79 Å². The van der Waals surface area contributed by atoms with Gasteiger partial charge in [0, 0.05) is 10.6 Å². The smallest absolute Gasteiger partial charge is 0.267 e. The van der Waals surface area contributed by atoms with E-state index in [1.807, 2.05) is 48.5 Å². The molecular formula is C17H10ClN3OS. The Balaban J connectivity index is 1.91. The fourth-order valence-electron chi connectivity index (χ4n) is 2.35. The molecule has 0 radical (unpaired) electrons. The van der Waals surface area contributed by atoms with Gasteiger partial charge < -0.3 is 0 Å². The van der Waals surface area contributed by atoms with Crippen molar-refractivity contribution in [1.82, 2.24) is 14.6 Å². The Morgan fingerprint density at radius 1 is 1.00 bits per heavy atom. The van der Waals surface area contributed by atoms with Crippen LogP contribution in [0.3, 0.4) is 0 Å². The van der Waals surface area contributed by atoms with Crippen LogP contribution in [0.2, 0.25) is 5.02 Å². The van der Waals surface area contributed by atoms with Crippen molar-refractivity contribution >= 4 is 34.0 Å². The van der Waals surface area contributed by atoms with Crippen molar-refractivity contribution < 1.29 is 0 Å². The second-order valence-electron chi connectivity index (χ2n) is 4.97. The van der Waals surface area contributed by atoms with Gasteiger partial charge in [-0.15, -0.1) is 10.2 Å². The molecule has 0 saturated carbocycles. The van der Waals surface area contributed by atoms with Crippen LogP contribution in [-0.2, 0) is 0 Å². The summed E-state index contributed by atoms with van der Waals surface area (Å²) in [7, 11) is 0. The monoisotopic (exact) mass is 339 g/mol. The fraction of sp³-hybridized carbons (Fsp3) is 0. The van der Waals surface area contributed by atoms with Crippen LogP contribution in [0.25, 0.3) is 22.4 Å². The lowest BCUT2D eigenvalue weighted by atomic mass is 10.2. The van der Waals surface area contributed by atoms with Gasteiger partial charge in [0.25, 0.3) is 5.56 Å². The second-order valence-corrected chi connectivity index (χ2v) is 6.42. The lowest BCUT2D eigenvalue weighted by Gasteiger charge is -1.95. The first-order valence-corrected chi connectivity index (χ1v) is 8.12. The topological polar surface area (TPSA) is 47.3 Å². The fourth-order valence-corrected chi connectivity index (χ4v) is 3.39. The number of rotatable bonds is 2. The van der Waals surface area contributed by atoms with Gasteiger partial charge in [0.05, 0.1) is 4.53 Å². The highest BCUT2D eigenvalue weighted by Crippen LogP contribution is 2.17. The normalized spacial score (nSPS) is 12.1. The maximum atomic E-state index is 12.7. The van der Waals surface area contributed by atoms with Crippen LogP contribution in [0.5, 0.6) is 0 Å². The minimum atomic E-state index is -0.108. The Labute approximate surface area is 140 Å². The summed E-state index contributed by atoms with van der Waals surface area (Å²) in [6, 6.07) is 16.9. The highest BCUT2D eigenvalue weighted by molar-refractivity contribution is 7.15. The van der Waals surface area contributed by atoms with E-state index in [2.05, 4.69) is 10.2 Å². The summed E-state index contributed by atoms with van der Waals surface area (Å²) >= 11 is 7.21. The molecule has 4 rings (SSSR count). The molecule has 0 saturated heterocycles. The molecule has 0 spiro atoms. The largest absolute Gasteiger partial charge is 0.276 e. The average molecular weight is 340 g/mol. The van der Waals surface area contributed by atoms with Crippen LogP contribution >= 0.6 is 22.9 Å². The Kier molecular flexibility index (Phi) is 3.44. The molecule has 0 aliphatic rings. The van der Waals surface area contributed by atoms with E-state index in [0.29, 0.717) is 20.3 Å². The predicted molar refractivity (Wildman–Crippen MR) is 92.8 cm³/mol. The Morgan fingerprint density at radius 2 is 1.74 bits per heavy atom. The standard InChI is InChI=1S/C17H10ClN3OS/c18-13-8-6-11(7-9-13)10-14-16(22)21-15(19-20-17(21)23-14)12-4-2-1-3-5-12/h1-10H/b14-10+. The van der Waals surface area contributed by atoms with E-state index in [0.717, 1.165) is 11.1 Å². The van der Waals surface area contributed by atoms with Crippen molar-refractivity contribution in [2.24, 2.45) is 0 Å². The summed E-state index contributed by atoms with van der Waals surface area (Å²) in [4.78, 5) is 13.3. The molecule has 6 heteroatoms. The molecule has 0 unspecified atom stereocenters. The van der Waals surface area contributed by atoms with Crippen LogP contribution < -0.4 is 10.1 Å². The number of halogens is 1. The van der Waals surface area contributed by atoms with Crippen molar-refractivity contribution in [3.05, 3.63) is 80.1 Å². The molecule has 2 aromatic heterocycles. The van der Waals surface area contributed by atoms with Crippen LogP contribution in [0, 0.1) is 0 Å². The van der Waals surface area contributed by atoms with Gasteiger partial charge in [-0.3, -0.25) is 4.79 Å². The molecule has 23 heavy (non-hydrogen) atoms. The summed E-state index contributed by atoms with van der Waals surface area (Å²) in [5.41, 5.74) is 1.68. The number of thiazole rings is 1. The van der Waals surface area contributed by atoms with E-state index in [1.54, 1.807) is 16.5 Å². The third-order valence-electron chi connectivity index (χ3n) is 3.45. The number of benzene rings is 2. The highest BCUT2D eigenvalue weighted by atomic mass is 35.5. The first-order valence-electron chi connectivity index (χ1n) is 6.93. The van der Waals surface area contributed by atoms with Gasteiger partial charge in [-0.05, 0) is 23.8 Å². The SMILES string of the molecule is O=c1/c(=C\c2ccc(Cl)cc2)sc2nnc(-c3ccccc3)n12. The minimum absolute atomic E-state index is 0.108. The van der Waals surface area contributed by atoms with Crippen molar-refractivity contribution in [3.8, 4) is 11.4 Å². The van der Waals surface area contributed by atoms with Crippen molar-refractivity contribution in [3.63, 3.8) is 0 Å². The van der Waals surface area contributed by atoms with Crippen molar-refractivity contribution in [1.29, 1.82) is 0 Å². The van der Waals surface area contributed by atoms with Crippen LogP contribution in [0.15, 0.2) is 59.4 Å². The number of fused-ring (bicyclic) bond motifs is 1. The molecule has 0 fully saturated rings. The number of nitrogens with zero attached hydrogens (tertiary/aromatic N) is 3. The molecule has 0 N–H and O–H groups in total. The maximum Gasteiger partial charge on any atom is 0.276 e. The molecule has 0 bridgehead atoms. The summed E-state index contributed by atoms with van der Waals surface area (Å²) in [6.45, 7) is 0. The van der Waals surface area contributed by atoms with Gasteiger partial charge in [0.2, 0.25) is 4.96 Å². The zero-order valence-electron chi connectivity index (χ0n) is 11.8. The molecule has 4 aromatic rings. The lowest BCUT2D eigenvalue weighted by Crippen LogP contribution is -2.23. The van der Waals surface area contributed by atoms with Crippen molar-refractivity contribution in [2.45, 2.75) is 0 Å². The van der Waals surface area contributed by atoms with Crippen LogP contribution in [0.4, 0.5) is 0 Å². The highest BCUT2D eigenvalue weighted by Gasteiger charge is 2.13. The van der Waals surface area contributed by atoms with Crippen LogP contribution in [0.1, 0.15) is 5.56 Å². The van der Waals surface area contributed by atoms with E-state index in [-0.39, 0.29) is 5.56 Å². The molecule has 2 heterocycles.